The summed E-state index contributed by atoms with van der Waals surface area (Å²) in [5.41, 5.74) is 0.775. The summed E-state index contributed by atoms with van der Waals surface area (Å²) in [6.45, 7) is 0. The van der Waals surface area contributed by atoms with Gasteiger partial charge >= 0.3 is 5.97 Å². The van der Waals surface area contributed by atoms with Crippen molar-refractivity contribution in [2.24, 2.45) is 0 Å². The van der Waals surface area contributed by atoms with Gasteiger partial charge in [0.05, 0.1) is 19.2 Å². The number of halogens is 1. The number of hydrogen-bond acceptors (Lipinski definition) is 4. The van der Waals surface area contributed by atoms with Crippen molar-refractivity contribution < 1.29 is 14.6 Å². The van der Waals surface area contributed by atoms with Gasteiger partial charge in [0.2, 0.25) is 5.88 Å². The van der Waals surface area contributed by atoms with Crippen LogP contribution in [0.5, 0.6) is 5.88 Å². The molecule has 0 aliphatic rings. The van der Waals surface area contributed by atoms with Gasteiger partial charge in [0.25, 0.3) is 0 Å². The summed E-state index contributed by atoms with van der Waals surface area (Å²) in [6, 6.07) is 3.28. The molecule has 84 valence electrons. The number of imidazole rings is 1. The highest BCUT2D eigenvalue weighted by molar-refractivity contribution is 6.30. The molecule has 0 aliphatic heterocycles. The number of rotatable bonds is 3. The highest BCUT2D eigenvalue weighted by Crippen LogP contribution is 2.19. The molecule has 0 aliphatic carbocycles. The van der Waals surface area contributed by atoms with E-state index < -0.39 is 5.97 Å². The molecule has 2 heterocycles. The Morgan fingerprint density at radius 1 is 1.62 bits per heavy atom. The molecule has 0 amide bonds. The Morgan fingerprint density at radius 3 is 3.00 bits per heavy atom. The van der Waals surface area contributed by atoms with E-state index in [0.717, 1.165) is 0 Å². The number of fused-ring (bicyclic) bond motifs is 1. The maximum absolute atomic E-state index is 10.6. The predicted molar refractivity (Wildman–Crippen MR) is 55.9 cm³/mol. The lowest BCUT2D eigenvalue weighted by Crippen LogP contribution is -2.01. The lowest BCUT2D eigenvalue weighted by Gasteiger charge is -1.98. The molecule has 0 spiro atoms. The summed E-state index contributed by atoms with van der Waals surface area (Å²) in [5, 5.41) is 12.9. The van der Waals surface area contributed by atoms with Crippen LogP contribution in [0.15, 0.2) is 12.1 Å². The van der Waals surface area contributed by atoms with Crippen LogP contribution in [0.4, 0.5) is 0 Å². The van der Waals surface area contributed by atoms with Crippen LogP contribution in [0.2, 0.25) is 5.15 Å². The zero-order valence-electron chi connectivity index (χ0n) is 8.35. The molecule has 2 rings (SSSR count). The minimum Gasteiger partial charge on any atom is -0.481 e. The van der Waals surface area contributed by atoms with Gasteiger partial charge in [-0.25, -0.2) is 4.98 Å². The third-order valence-corrected chi connectivity index (χ3v) is 2.37. The average Bonchev–Trinajstić information content (AvgIpc) is 2.55. The number of methoxy groups -OCH3 is 1. The van der Waals surface area contributed by atoms with Crippen molar-refractivity contribution in [2.75, 3.05) is 7.11 Å². The molecule has 0 fully saturated rings. The standard InChI is InChI=1S/C9H8ClN3O3/c1-16-7-3-2-6-11-5(4-8(14)15)9(10)13(6)12-7/h2-3H,4H2,1H3,(H,14,15). The first-order valence-corrected chi connectivity index (χ1v) is 4.79. The molecule has 0 unspecified atom stereocenters. The normalized spacial score (nSPS) is 10.6. The number of carbonyl (C=O) groups is 1. The number of carboxylic acid groups (broad SMARTS) is 1. The van der Waals surface area contributed by atoms with Crippen LogP contribution >= 0.6 is 11.6 Å². The second kappa shape index (κ2) is 3.97. The Morgan fingerprint density at radius 2 is 2.38 bits per heavy atom. The van der Waals surface area contributed by atoms with E-state index in [2.05, 4.69) is 10.1 Å². The maximum Gasteiger partial charge on any atom is 0.309 e. The third kappa shape index (κ3) is 1.79. The smallest absolute Gasteiger partial charge is 0.309 e. The molecule has 0 aromatic carbocycles. The first-order chi connectivity index (χ1) is 7.61. The third-order valence-electron chi connectivity index (χ3n) is 1.99. The van der Waals surface area contributed by atoms with Gasteiger partial charge in [0, 0.05) is 6.07 Å². The van der Waals surface area contributed by atoms with Crippen molar-refractivity contribution in [2.45, 2.75) is 6.42 Å². The average molecular weight is 242 g/mol. The second-order valence-corrected chi connectivity index (χ2v) is 3.42. The molecule has 6 nitrogen and oxygen atoms in total. The van der Waals surface area contributed by atoms with Gasteiger partial charge in [0.1, 0.15) is 0 Å². The molecule has 0 saturated carbocycles. The molecule has 0 bridgehead atoms. The molecule has 16 heavy (non-hydrogen) atoms. The summed E-state index contributed by atoms with van der Waals surface area (Å²) in [4.78, 5) is 14.6. The molecular weight excluding hydrogens is 234 g/mol. The highest BCUT2D eigenvalue weighted by atomic mass is 35.5. The van der Waals surface area contributed by atoms with Crippen LogP contribution in [0.25, 0.3) is 5.65 Å². The van der Waals surface area contributed by atoms with Gasteiger partial charge in [-0.3, -0.25) is 4.79 Å². The largest absolute Gasteiger partial charge is 0.481 e. The molecule has 7 heteroatoms. The number of nitrogens with zero attached hydrogens (tertiary/aromatic N) is 3. The zero-order chi connectivity index (χ0) is 11.7. The quantitative estimate of drug-likeness (QED) is 0.868. The van der Waals surface area contributed by atoms with Crippen LogP contribution in [0.3, 0.4) is 0 Å². The van der Waals surface area contributed by atoms with Crippen LogP contribution in [0, 0.1) is 0 Å². The Balaban J connectivity index is 2.54. The number of aromatic nitrogens is 3. The van der Waals surface area contributed by atoms with Crippen molar-refractivity contribution in [3.63, 3.8) is 0 Å². The Bertz CT molecular complexity index is 552. The molecule has 2 aromatic heterocycles. The van der Waals surface area contributed by atoms with Crippen LogP contribution in [0.1, 0.15) is 5.69 Å². The molecule has 1 N–H and O–H groups in total. The monoisotopic (exact) mass is 241 g/mol. The van der Waals surface area contributed by atoms with E-state index in [-0.39, 0.29) is 17.3 Å². The molecule has 0 radical (unpaired) electrons. The maximum atomic E-state index is 10.6. The predicted octanol–water partition coefficient (Wildman–Crippen LogP) is 1.02. The van der Waals surface area contributed by atoms with E-state index in [1.54, 1.807) is 12.1 Å². The van der Waals surface area contributed by atoms with Gasteiger partial charge in [-0.05, 0) is 6.07 Å². The summed E-state index contributed by atoms with van der Waals surface area (Å²) in [7, 11) is 1.48. The molecule has 0 saturated heterocycles. The fourth-order valence-corrected chi connectivity index (χ4v) is 1.53. The van der Waals surface area contributed by atoms with Crippen LogP contribution < -0.4 is 4.74 Å². The van der Waals surface area contributed by atoms with E-state index in [0.29, 0.717) is 11.5 Å². The lowest BCUT2D eigenvalue weighted by molar-refractivity contribution is -0.136. The number of aliphatic carboxylic acids is 1. The number of hydrogen-bond donors (Lipinski definition) is 1. The first kappa shape index (κ1) is 10.7. The van der Waals surface area contributed by atoms with E-state index in [9.17, 15) is 4.79 Å². The fourth-order valence-electron chi connectivity index (χ4n) is 1.30. The number of ether oxygens (including phenoxy) is 1. The van der Waals surface area contributed by atoms with Crippen molar-refractivity contribution in [3.8, 4) is 5.88 Å². The Hall–Kier alpha value is -1.82. The first-order valence-electron chi connectivity index (χ1n) is 4.41. The van der Waals surface area contributed by atoms with Crippen molar-refractivity contribution in [3.05, 3.63) is 23.0 Å². The van der Waals surface area contributed by atoms with Gasteiger partial charge in [-0.2, -0.15) is 4.52 Å². The van der Waals surface area contributed by atoms with E-state index in [1.165, 1.54) is 11.6 Å². The Kier molecular flexibility index (Phi) is 2.66. The SMILES string of the molecule is COc1ccc2nc(CC(=O)O)c(Cl)n2n1. The van der Waals surface area contributed by atoms with Crippen molar-refractivity contribution in [1.82, 2.24) is 14.6 Å². The van der Waals surface area contributed by atoms with Gasteiger partial charge < -0.3 is 9.84 Å². The van der Waals surface area contributed by atoms with Crippen LogP contribution in [-0.4, -0.2) is 32.8 Å². The van der Waals surface area contributed by atoms with Crippen LogP contribution in [-0.2, 0) is 11.2 Å². The number of carboxylic acids is 1. The molecular formula is C9H8ClN3O3. The van der Waals surface area contributed by atoms with Gasteiger partial charge in [0.15, 0.2) is 10.8 Å². The molecule has 0 atom stereocenters. The fraction of sp³-hybridized carbons (Fsp3) is 0.222. The van der Waals surface area contributed by atoms with Gasteiger partial charge in [-0.15, -0.1) is 5.10 Å². The summed E-state index contributed by atoms with van der Waals surface area (Å²) >= 11 is 5.95. The van der Waals surface area contributed by atoms with Crippen molar-refractivity contribution in [1.29, 1.82) is 0 Å². The summed E-state index contributed by atoms with van der Waals surface area (Å²) < 4.78 is 6.28. The summed E-state index contributed by atoms with van der Waals surface area (Å²) in [6.07, 6.45) is -0.232. The summed E-state index contributed by atoms with van der Waals surface area (Å²) in [5.74, 6) is -0.606. The van der Waals surface area contributed by atoms with E-state index in [1.807, 2.05) is 0 Å². The Labute approximate surface area is 95.4 Å². The second-order valence-electron chi connectivity index (χ2n) is 3.07. The van der Waals surface area contributed by atoms with E-state index >= 15 is 0 Å². The van der Waals surface area contributed by atoms with E-state index in [4.69, 9.17) is 21.4 Å². The minimum absolute atomic E-state index is 0.191. The lowest BCUT2D eigenvalue weighted by atomic mass is 10.3. The minimum atomic E-state index is -0.989. The highest BCUT2D eigenvalue weighted by Gasteiger charge is 2.14. The molecule has 2 aromatic rings. The van der Waals surface area contributed by atoms with Crippen molar-refractivity contribution >= 4 is 23.2 Å². The topological polar surface area (TPSA) is 76.7 Å². The van der Waals surface area contributed by atoms with Gasteiger partial charge in [-0.1, -0.05) is 11.6 Å². The zero-order valence-corrected chi connectivity index (χ0v) is 9.10.